The Kier molecular flexibility index (Phi) is 8.33. The van der Waals surface area contributed by atoms with Crippen molar-refractivity contribution >= 4 is 0 Å². The Morgan fingerprint density at radius 1 is 0.933 bits per heavy atom. The lowest BCUT2D eigenvalue weighted by Crippen LogP contribution is -3.11. The van der Waals surface area contributed by atoms with E-state index in [1.54, 1.807) is 0 Å². The monoisotopic (exact) mass is 231 g/mol. The van der Waals surface area contributed by atoms with Gasteiger partial charge in [-0.1, -0.05) is 30.3 Å². The molecule has 0 aliphatic carbocycles. The topological polar surface area (TPSA) is 44.9 Å². The largest absolute Gasteiger partial charge is 1.00 e. The number of rotatable bonds is 6. The standard InChI is InChI=1S/C11H17NO2.ClH/c13-8-6-12(7-9-14)10-11-4-2-1-3-5-11;/h1-5,13-14H,6-10H2;1H. The van der Waals surface area contributed by atoms with Gasteiger partial charge in [0, 0.05) is 5.56 Å². The summed E-state index contributed by atoms with van der Waals surface area (Å²) in [6, 6.07) is 10.1. The van der Waals surface area contributed by atoms with Crippen LogP contribution in [-0.4, -0.2) is 36.5 Å². The van der Waals surface area contributed by atoms with Crippen molar-refractivity contribution < 1.29 is 27.5 Å². The molecule has 0 radical (unpaired) electrons. The van der Waals surface area contributed by atoms with Gasteiger partial charge in [-0.15, -0.1) is 0 Å². The van der Waals surface area contributed by atoms with Gasteiger partial charge in [0.05, 0.1) is 13.2 Å². The van der Waals surface area contributed by atoms with Crippen molar-refractivity contribution in [3.8, 4) is 0 Å². The molecule has 0 saturated carbocycles. The molecule has 0 bridgehead atoms. The van der Waals surface area contributed by atoms with E-state index in [0.717, 1.165) is 6.54 Å². The van der Waals surface area contributed by atoms with Crippen LogP contribution in [0.25, 0.3) is 0 Å². The summed E-state index contributed by atoms with van der Waals surface area (Å²) in [4.78, 5) is 1.21. The Bertz CT molecular complexity index is 238. The number of benzene rings is 1. The molecule has 15 heavy (non-hydrogen) atoms. The lowest BCUT2D eigenvalue weighted by molar-refractivity contribution is -0.914. The van der Waals surface area contributed by atoms with Gasteiger partial charge in [-0.05, 0) is 0 Å². The van der Waals surface area contributed by atoms with E-state index in [1.165, 1.54) is 10.5 Å². The summed E-state index contributed by atoms with van der Waals surface area (Å²) in [5.41, 5.74) is 1.24. The molecule has 1 aromatic rings. The van der Waals surface area contributed by atoms with E-state index in [2.05, 4.69) is 12.1 Å². The van der Waals surface area contributed by atoms with Crippen LogP contribution in [0.5, 0.6) is 0 Å². The molecule has 0 heterocycles. The normalized spacial score (nSPS) is 10.1. The molecule has 4 heteroatoms. The van der Waals surface area contributed by atoms with Crippen LogP contribution in [0.2, 0.25) is 0 Å². The van der Waals surface area contributed by atoms with E-state index in [1.807, 2.05) is 18.2 Å². The molecule has 0 amide bonds. The predicted octanol–water partition coefficient (Wildman–Crippen LogP) is -3.94. The van der Waals surface area contributed by atoms with Crippen molar-refractivity contribution in [3.05, 3.63) is 35.9 Å². The maximum Gasteiger partial charge on any atom is 0.103 e. The SMILES string of the molecule is OCC[NH+](CCO)Cc1ccccc1.[Cl-]. The van der Waals surface area contributed by atoms with Crippen LogP contribution >= 0.6 is 0 Å². The Morgan fingerprint density at radius 2 is 1.47 bits per heavy atom. The summed E-state index contributed by atoms with van der Waals surface area (Å²) >= 11 is 0. The van der Waals surface area contributed by atoms with Gasteiger partial charge in [-0.3, -0.25) is 0 Å². The van der Waals surface area contributed by atoms with E-state index in [9.17, 15) is 0 Å². The van der Waals surface area contributed by atoms with Gasteiger partial charge < -0.3 is 27.5 Å². The van der Waals surface area contributed by atoms with Crippen molar-refractivity contribution in [2.24, 2.45) is 0 Å². The molecular weight excluding hydrogens is 214 g/mol. The zero-order valence-electron chi connectivity index (χ0n) is 8.69. The van der Waals surface area contributed by atoms with Crippen molar-refractivity contribution in [2.75, 3.05) is 26.3 Å². The second-order valence-electron chi connectivity index (χ2n) is 3.36. The van der Waals surface area contributed by atoms with Crippen LogP contribution in [0.4, 0.5) is 0 Å². The molecule has 86 valence electrons. The van der Waals surface area contributed by atoms with Gasteiger partial charge in [0.2, 0.25) is 0 Å². The third-order valence-electron chi connectivity index (χ3n) is 2.23. The molecule has 0 saturated heterocycles. The molecule has 0 spiro atoms. The lowest BCUT2D eigenvalue weighted by Gasteiger charge is -2.17. The van der Waals surface area contributed by atoms with Crippen molar-refractivity contribution in [2.45, 2.75) is 6.54 Å². The van der Waals surface area contributed by atoms with Gasteiger partial charge in [0.1, 0.15) is 19.6 Å². The highest BCUT2D eigenvalue weighted by Crippen LogP contribution is 1.94. The summed E-state index contributed by atoms with van der Waals surface area (Å²) < 4.78 is 0. The summed E-state index contributed by atoms with van der Waals surface area (Å²) in [7, 11) is 0. The van der Waals surface area contributed by atoms with Crippen molar-refractivity contribution in [1.82, 2.24) is 0 Å². The third kappa shape index (κ3) is 5.74. The second kappa shape index (κ2) is 8.68. The van der Waals surface area contributed by atoms with Gasteiger partial charge in [0.15, 0.2) is 0 Å². The Hall–Kier alpha value is -0.610. The van der Waals surface area contributed by atoms with E-state index in [-0.39, 0.29) is 25.6 Å². The average molecular weight is 232 g/mol. The zero-order valence-corrected chi connectivity index (χ0v) is 9.45. The predicted molar refractivity (Wildman–Crippen MR) is 55.0 cm³/mol. The van der Waals surface area contributed by atoms with Crippen LogP contribution in [0.3, 0.4) is 0 Å². The molecule has 0 aliphatic heterocycles. The summed E-state index contributed by atoms with van der Waals surface area (Å²) in [5, 5.41) is 17.7. The molecule has 0 atom stereocenters. The van der Waals surface area contributed by atoms with E-state index in [0.29, 0.717) is 13.1 Å². The molecule has 0 fully saturated rings. The number of aliphatic hydroxyl groups is 2. The fraction of sp³-hybridized carbons (Fsp3) is 0.455. The fourth-order valence-electron chi connectivity index (χ4n) is 1.50. The molecule has 3 N–H and O–H groups in total. The first-order chi connectivity index (χ1) is 6.86. The Labute approximate surface area is 96.8 Å². The minimum absolute atomic E-state index is 0. The van der Waals surface area contributed by atoms with E-state index >= 15 is 0 Å². The van der Waals surface area contributed by atoms with Gasteiger partial charge in [-0.25, -0.2) is 0 Å². The Balaban J connectivity index is 0.00000196. The molecule has 3 nitrogen and oxygen atoms in total. The average Bonchev–Trinajstić information content (AvgIpc) is 2.20. The fourth-order valence-corrected chi connectivity index (χ4v) is 1.50. The maximum absolute atomic E-state index is 8.84. The zero-order chi connectivity index (χ0) is 10.2. The van der Waals surface area contributed by atoms with Crippen LogP contribution in [-0.2, 0) is 6.54 Å². The first kappa shape index (κ1) is 14.4. The molecule has 0 unspecified atom stereocenters. The number of nitrogens with one attached hydrogen (secondary N) is 1. The third-order valence-corrected chi connectivity index (χ3v) is 2.23. The van der Waals surface area contributed by atoms with Gasteiger partial charge >= 0.3 is 0 Å². The molecule has 1 rings (SSSR count). The summed E-state index contributed by atoms with van der Waals surface area (Å²) in [5.74, 6) is 0. The van der Waals surface area contributed by atoms with Crippen LogP contribution in [0, 0.1) is 0 Å². The number of hydrogen-bond donors (Lipinski definition) is 3. The van der Waals surface area contributed by atoms with Gasteiger partial charge in [-0.2, -0.15) is 0 Å². The number of quaternary nitrogens is 1. The number of aliphatic hydroxyl groups excluding tert-OH is 2. The van der Waals surface area contributed by atoms with E-state index in [4.69, 9.17) is 10.2 Å². The van der Waals surface area contributed by atoms with Crippen molar-refractivity contribution in [3.63, 3.8) is 0 Å². The van der Waals surface area contributed by atoms with E-state index < -0.39 is 0 Å². The van der Waals surface area contributed by atoms with Crippen LogP contribution < -0.4 is 17.3 Å². The molecule has 1 aromatic carbocycles. The molecule has 0 aromatic heterocycles. The highest BCUT2D eigenvalue weighted by molar-refractivity contribution is 5.13. The number of halogens is 1. The van der Waals surface area contributed by atoms with Crippen LogP contribution in [0.1, 0.15) is 5.56 Å². The number of hydrogen-bond acceptors (Lipinski definition) is 2. The molecular formula is C11H18ClNO2. The first-order valence-corrected chi connectivity index (χ1v) is 4.96. The van der Waals surface area contributed by atoms with Gasteiger partial charge in [0.25, 0.3) is 0 Å². The Morgan fingerprint density at radius 3 is 1.93 bits per heavy atom. The van der Waals surface area contributed by atoms with Crippen LogP contribution in [0.15, 0.2) is 30.3 Å². The highest BCUT2D eigenvalue weighted by Gasteiger charge is 2.07. The minimum atomic E-state index is 0. The highest BCUT2D eigenvalue weighted by atomic mass is 35.5. The lowest BCUT2D eigenvalue weighted by atomic mass is 10.2. The second-order valence-corrected chi connectivity index (χ2v) is 3.36. The first-order valence-electron chi connectivity index (χ1n) is 4.96. The van der Waals surface area contributed by atoms with Crippen molar-refractivity contribution in [1.29, 1.82) is 0 Å². The molecule has 0 aliphatic rings. The summed E-state index contributed by atoms with van der Waals surface area (Å²) in [6.07, 6.45) is 0. The summed E-state index contributed by atoms with van der Waals surface area (Å²) in [6.45, 7) is 2.58. The maximum atomic E-state index is 8.84. The quantitative estimate of drug-likeness (QED) is 0.468. The smallest absolute Gasteiger partial charge is 0.103 e. The minimum Gasteiger partial charge on any atom is -1.00 e.